The van der Waals surface area contributed by atoms with Gasteiger partial charge < -0.3 is 5.11 Å². The molecule has 150 valence electrons. The number of hydrogen-bond acceptors (Lipinski definition) is 4. The Kier molecular flexibility index (Phi) is 6.49. The molecule has 1 heterocycles. The zero-order valence-electron chi connectivity index (χ0n) is 16.0. The third-order valence-corrected chi connectivity index (χ3v) is 7.24. The van der Waals surface area contributed by atoms with E-state index in [0.29, 0.717) is 6.54 Å². The molecule has 2 aromatic rings. The van der Waals surface area contributed by atoms with Crippen LogP contribution in [-0.2, 0) is 16.6 Å². The standard InChI is InChI=1S/C21H26N2O4S/c1-2-23(28(26,27)20-10-6-9-18(15-20)21(24)25)19-11-13-22(14-12-19)16-17-7-4-3-5-8-17/h3-10,15,19H,2,11-14,16H2,1H3,(H,24,25). The molecular weight excluding hydrogens is 376 g/mol. The average Bonchev–Trinajstić information content (AvgIpc) is 2.70. The van der Waals surface area contributed by atoms with Gasteiger partial charge in [0.15, 0.2) is 0 Å². The fourth-order valence-corrected chi connectivity index (χ4v) is 5.50. The van der Waals surface area contributed by atoms with E-state index in [1.165, 1.54) is 34.1 Å². The van der Waals surface area contributed by atoms with E-state index in [1.54, 1.807) is 0 Å². The molecule has 0 unspecified atom stereocenters. The lowest BCUT2D eigenvalue weighted by Crippen LogP contribution is -2.47. The number of aromatic carboxylic acids is 1. The molecule has 0 amide bonds. The fourth-order valence-electron chi connectivity index (χ4n) is 3.76. The number of sulfonamides is 1. The highest BCUT2D eigenvalue weighted by molar-refractivity contribution is 7.89. The quantitative estimate of drug-likeness (QED) is 0.770. The highest BCUT2D eigenvalue weighted by Gasteiger charge is 2.33. The summed E-state index contributed by atoms with van der Waals surface area (Å²) < 4.78 is 27.8. The zero-order chi connectivity index (χ0) is 20.1. The molecule has 0 atom stereocenters. The second-order valence-electron chi connectivity index (χ2n) is 7.03. The second kappa shape index (κ2) is 8.86. The van der Waals surface area contributed by atoms with Crippen molar-refractivity contribution in [2.75, 3.05) is 19.6 Å². The summed E-state index contributed by atoms with van der Waals surface area (Å²) >= 11 is 0. The molecule has 1 aliphatic rings. The summed E-state index contributed by atoms with van der Waals surface area (Å²) in [6.07, 6.45) is 1.52. The van der Waals surface area contributed by atoms with Gasteiger partial charge in [-0.3, -0.25) is 4.90 Å². The summed E-state index contributed by atoms with van der Waals surface area (Å²) in [6, 6.07) is 15.8. The molecule has 2 aromatic carbocycles. The molecule has 1 fully saturated rings. The van der Waals surface area contributed by atoms with Crippen molar-refractivity contribution in [2.45, 2.75) is 37.2 Å². The van der Waals surface area contributed by atoms with E-state index in [9.17, 15) is 13.2 Å². The molecule has 1 saturated heterocycles. The molecule has 3 rings (SSSR count). The van der Waals surface area contributed by atoms with Crippen LogP contribution in [0.3, 0.4) is 0 Å². The molecule has 7 heteroatoms. The smallest absolute Gasteiger partial charge is 0.335 e. The van der Waals surface area contributed by atoms with Crippen LogP contribution < -0.4 is 0 Å². The van der Waals surface area contributed by atoms with Crippen molar-refractivity contribution in [3.8, 4) is 0 Å². The fraction of sp³-hybridized carbons (Fsp3) is 0.381. The van der Waals surface area contributed by atoms with Crippen molar-refractivity contribution in [2.24, 2.45) is 0 Å². The van der Waals surface area contributed by atoms with E-state index < -0.39 is 16.0 Å². The lowest BCUT2D eigenvalue weighted by molar-refractivity contribution is 0.0696. The number of rotatable bonds is 7. The van der Waals surface area contributed by atoms with Crippen LogP contribution in [0.4, 0.5) is 0 Å². The molecule has 0 radical (unpaired) electrons. The van der Waals surface area contributed by atoms with Gasteiger partial charge in [0.05, 0.1) is 10.5 Å². The van der Waals surface area contributed by atoms with Gasteiger partial charge in [-0.2, -0.15) is 4.31 Å². The Labute approximate surface area is 166 Å². The summed E-state index contributed by atoms with van der Waals surface area (Å²) in [5.74, 6) is -1.13. The Morgan fingerprint density at radius 1 is 1.11 bits per heavy atom. The maximum Gasteiger partial charge on any atom is 0.335 e. The van der Waals surface area contributed by atoms with Crippen LogP contribution in [0, 0.1) is 0 Å². The first-order chi connectivity index (χ1) is 13.4. The molecule has 0 aromatic heterocycles. The van der Waals surface area contributed by atoms with E-state index in [1.807, 2.05) is 25.1 Å². The van der Waals surface area contributed by atoms with Crippen molar-refractivity contribution in [3.05, 3.63) is 65.7 Å². The summed E-state index contributed by atoms with van der Waals surface area (Å²) in [6.45, 7) is 4.73. The minimum absolute atomic E-state index is 0.0187. The van der Waals surface area contributed by atoms with E-state index in [0.717, 1.165) is 32.5 Å². The zero-order valence-corrected chi connectivity index (χ0v) is 16.8. The van der Waals surface area contributed by atoms with Gasteiger partial charge in [0, 0.05) is 32.2 Å². The summed E-state index contributed by atoms with van der Waals surface area (Å²) in [7, 11) is -3.73. The van der Waals surface area contributed by atoms with Crippen molar-refractivity contribution in [3.63, 3.8) is 0 Å². The van der Waals surface area contributed by atoms with Crippen molar-refractivity contribution < 1.29 is 18.3 Å². The van der Waals surface area contributed by atoms with Crippen LogP contribution >= 0.6 is 0 Å². The van der Waals surface area contributed by atoms with Crippen LogP contribution in [0.1, 0.15) is 35.7 Å². The lowest BCUT2D eigenvalue weighted by atomic mass is 10.0. The molecule has 0 bridgehead atoms. The van der Waals surface area contributed by atoms with Crippen LogP contribution in [0.15, 0.2) is 59.5 Å². The highest BCUT2D eigenvalue weighted by Crippen LogP contribution is 2.25. The monoisotopic (exact) mass is 402 g/mol. The number of piperidine rings is 1. The minimum Gasteiger partial charge on any atom is -0.478 e. The minimum atomic E-state index is -3.73. The Bertz CT molecular complexity index is 907. The van der Waals surface area contributed by atoms with Crippen molar-refractivity contribution in [1.29, 1.82) is 0 Å². The maximum absolute atomic E-state index is 13.1. The largest absolute Gasteiger partial charge is 0.478 e. The van der Waals surface area contributed by atoms with Gasteiger partial charge in [0.1, 0.15) is 0 Å². The van der Waals surface area contributed by atoms with E-state index in [2.05, 4.69) is 17.0 Å². The van der Waals surface area contributed by atoms with E-state index in [-0.39, 0.29) is 16.5 Å². The van der Waals surface area contributed by atoms with Gasteiger partial charge >= 0.3 is 5.97 Å². The summed E-state index contributed by atoms with van der Waals surface area (Å²) in [5, 5.41) is 9.16. The van der Waals surface area contributed by atoms with Crippen LogP contribution in [0.25, 0.3) is 0 Å². The number of nitrogens with zero attached hydrogens (tertiary/aromatic N) is 2. The average molecular weight is 403 g/mol. The second-order valence-corrected chi connectivity index (χ2v) is 8.92. The topological polar surface area (TPSA) is 77.9 Å². The molecule has 0 aliphatic carbocycles. The Balaban J connectivity index is 1.70. The first kappa shape index (κ1) is 20.5. The van der Waals surface area contributed by atoms with Gasteiger partial charge in [0.2, 0.25) is 10.0 Å². The first-order valence-electron chi connectivity index (χ1n) is 9.53. The molecule has 1 N–H and O–H groups in total. The lowest BCUT2D eigenvalue weighted by Gasteiger charge is -2.37. The predicted molar refractivity (Wildman–Crippen MR) is 108 cm³/mol. The van der Waals surface area contributed by atoms with Gasteiger partial charge in [-0.25, -0.2) is 13.2 Å². The third-order valence-electron chi connectivity index (χ3n) is 5.21. The number of carboxylic acid groups (broad SMARTS) is 1. The number of hydrogen-bond donors (Lipinski definition) is 1. The van der Waals surface area contributed by atoms with E-state index >= 15 is 0 Å². The SMILES string of the molecule is CCN(C1CCN(Cc2ccccc2)CC1)S(=O)(=O)c1cccc(C(=O)O)c1. The predicted octanol–water partition coefficient (Wildman–Crippen LogP) is 3.06. The third kappa shape index (κ3) is 4.60. The van der Waals surface area contributed by atoms with Gasteiger partial charge in [-0.15, -0.1) is 0 Å². The number of carbonyl (C=O) groups is 1. The Hall–Kier alpha value is -2.22. The number of carboxylic acids is 1. The number of benzene rings is 2. The molecule has 0 saturated carbocycles. The number of likely N-dealkylation sites (tertiary alicyclic amines) is 1. The van der Waals surface area contributed by atoms with Gasteiger partial charge in [-0.05, 0) is 36.6 Å². The molecule has 6 nitrogen and oxygen atoms in total. The van der Waals surface area contributed by atoms with Gasteiger partial charge in [0.25, 0.3) is 0 Å². The van der Waals surface area contributed by atoms with Gasteiger partial charge in [-0.1, -0.05) is 43.3 Å². The molecular formula is C21H26N2O4S. The molecule has 28 heavy (non-hydrogen) atoms. The Morgan fingerprint density at radius 2 is 1.79 bits per heavy atom. The molecule has 0 spiro atoms. The normalized spacial score (nSPS) is 16.4. The maximum atomic E-state index is 13.1. The van der Waals surface area contributed by atoms with E-state index in [4.69, 9.17) is 5.11 Å². The first-order valence-corrected chi connectivity index (χ1v) is 11.0. The van der Waals surface area contributed by atoms with Crippen LogP contribution in [0.5, 0.6) is 0 Å². The van der Waals surface area contributed by atoms with Crippen LogP contribution in [0.2, 0.25) is 0 Å². The summed E-state index contributed by atoms with van der Waals surface area (Å²) in [5.41, 5.74) is 1.24. The molecule has 1 aliphatic heterocycles. The summed E-state index contributed by atoms with van der Waals surface area (Å²) in [4.78, 5) is 13.6. The van der Waals surface area contributed by atoms with Crippen molar-refractivity contribution >= 4 is 16.0 Å². The Morgan fingerprint density at radius 3 is 2.39 bits per heavy atom. The van der Waals surface area contributed by atoms with Crippen molar-refractivity contribution in [1.82, 2.24) is 9.21 Å². The van der Waals surface area contributed by atoms with Crippen LogP contribution in [-0.4, -0.2) is 54.4 Å². The highest BCUT2D eigenvalue weighted by atomic mass is 32.2.